The molecule has 1 aliphatic heterocycles. The normalized spacial score (nSPS) is 17.6. The summed E-state index contributed by atoms with van der Waals surface area (Å²) in [6.45, 7) is 2.24. The highest BCUT2D eigenvalue weighted by Crippen LogP contribution is 2.25. The number of likely N-dealkylation sites (N-methyl/N-ethyl adjacent to an activating group) is 1. The van der Waals surface area contributed by atoms with Gasteiger partial charge in [-0.05, 0) is 44.5 Å². The van der Waals surface area contributed by atoms with Crippen molar-refractivity contribution in [3.63, 3.8) is 0 Å². The first-order valence-electron chi connectivity index (χ1n) is 8.75. The molecule has 1 fully saturated rings. The molecule has 1 aromatic carbocycles. The number of carbonyl (C=O) groups excluding carboxylic acids is 2. The van der Waals surface area contributed by atoms with Crippen LogP contribution in [0.4, 0.5) is 0 Å². The third-order valence-electron chi connectivity index (χ3n) is 4.65. The van der Waals surface area contributed by atoms with Crippen LogP contribution in [-0.2, 0) is 4.79 Å². The molecule has 134 valence electrons. The molecule has 6 heteroatoms. The minimum absolute atomic E-state index is 0.0228. The smallest absolute Gasteiger partial charge is 0.261 e. The second-order valence-corrected chi connectivity index (χ2v) is 7.86. The number of fused-ring (bicyclic) bond motifs is 1. The summed E-state index contributed by atoms with van der Waals surface area (Å²) in [7, 11) is 4.03. The summed E-state index contributed by atoms with van der Waals surface area (Å²) >= 11 is 1.52. The number of thiophene rings is 1. The van der Waals surface area contributed by atoms with Gasteiger partial charge in [-0.2, -0.15) is 0 Å². The van der Waals surface area contributed by atoms with Gasteiger partial charge in [-0.25, -0.2) is 0 Å². The highest BCUT2D eigenvalue weighted by molar-refractivity contribution is 7.20. The van der Waals surface area contributed by atoms with Crippen LogP contribution >= 0.6 is 11.3 Å². The van der Waals surface area contributed by atoms with Gasteiger partial charge in [-0.3, -0.25) is 9.59 Å². The summed E-state index contributed by atoms with van der Waals surface area (Å²) in [5, 5.41) is 4.12. The average Bonchev–Trinajstić information content (AvgIpc) is 3.16. The number of nitrogens with one attached hydrogen (secondary N) is 1. The number of carbonyl (C=O) groups is 2. The van der Waals surface area contributed by atoms with E-state index in [0.29, 0.717) is 13.0 Å². The molecule has 3 rings (SSSR count). The van der Waals surface area contributed by atoms with Crippen LogP contribution in [0.25, 0.3) is 10.1 Å². The molecule has 0 unspecified atom stereocenters. The molecule has 1 aliphatic rings. The van der Waals surface area contributed by atoms with E-state index >= 15 is 0 Å². The molecule has 25 heavy (non-hydrogen) atoms. The first-order chi connectivity index (χ1) is 12.0. The minimum atomic E-state index is -0.0228. The van der Waals surface area contributed by atoms with Gasteiger partial charge in [0.15, 0.2) is 0 Å². The van der Waals surface area contributed by atoms with E-state index in [1.807, 2.05) is 49.3 Å². The molecule has 1 atom stereocenters. The summed E-state index contributed by atoms with van der Waals surface area (Å²) in [5.74, 6) is 0.216. The zero-order valence-electron chi connectivity index (χ0n) is 14.8. The fourth-order valence-electron chi connectivity index (χ4n) is 3.24. The predicted molar refractivity (Wildman–Crippen MR) is 102 cm³/mol. The van der Waals surface area contributed by atoms with Gasteiger partial charge >= 0.3 is 0 Å². The quantitative estimate of drug-likeness (QED) is 0.827. The summed E-state index contributed by atoms with van der Waals surface area (Å²) in [6.07, 6.45) is 2.34. The molecule has 1 aromatic heterocycles. The maximum absolute atomic E-state index is 12.4. The van der Waals surface area contributed by atoms with Crippen molar-refractivity contribution >= 4 is 33.2 Å². The van der Waals surface area contributed by atoms with E-state index in [4.69, 9.17) is 0 Å². The van der Waals surface area contributed by atoms with Crippen LogP contribution < -0.4 is 5.32 Å². The molecule has 2 heterocycles. The molecular formula is C19H25N3O2S. The monoisotopic (exact) mass is 359 g/mol. The fourth-order valence-corrected chi connectivity index (χ4v) is 4.22. The highest BCUT2D eigenvalue weighted by atomic mass is 32.1. The summed E-state index contributed by atoms with van der Waals surface area (Å²) in [6, 6.07) is 10.2. The highest BCUT2D eigenvalue weighted by Gasteiger charge is 2.30. The van der Waals surface area contributed by atoms with Gasteiger partial charge in [0, 0.05) is 36.8 Å². The summed E-state index contributed by atoms with van der Waals surface area (Å²) in [5.41, 5.74) is 0. The predicted octanol–water partition coefficient (Wildman–Crippen LogP) is 2.57. The van der Waals surface area contributed by atoms with Crippen LogP contribution in [0, 0.1) is 0 Å². The molecule has 2 aromatic rings. The fraction of sp³-hybridized carbons (Fsp3) is 0.474. The first-order valence-corrected chi connectivity index (χ1v) is 9.57. The molecule has 2 amide bonds. The van der Waals surface area contributed by atoms with E-state index in [1.54, 1.807) is 0 Å². The molecule has 1 saturated heterocycles. The van der Waals surface area contributed by atoms with Crippen molar-refractivity contribution in [2.75, 3.05) is 33.7 Å². The van der Waals surface area contributed by atoms with Gasteiger partial charge in [0.25, 0.3) is 5.91 Å². The van der Waals surface area contributed by atoms with Crippen molar-refractivity contribution in [2.45, 2.75) is 25.3 Å². The SMILES string of the molecule is CN(C)CCN1C(=O)CC[C@@H]1CCNC(=O)c1cc2ccccc2s1. The molecule has 0 bridgehead atoms. The van der Waals surface area contributed by atoms with E-state index in [0.717, 1.165) is 40.9 Å². The number of benzene rings is 1. The van der Waals surface area contributed by atoms with Crippen LogP contribution in [0.3, 0.4) is 0 Å². The Morgan fingerprint density at radius 1 is 1.36 bits per heavy atom. The Kier molecular flexibility index (Phi) is 5.71. The van der Waals surface area contributed by atoms with Gasteiger partial charge in [-0.15, -0.1) is 11.3 Å². The van der Waals surface area contributed by atoms with E-state index in [1.165, 1.54) is 11.3 Å². The van der Waals surface area contributed by atoms with E-state index in [-0.39, 0.29) is 17.9 Å². The second-order valence-electron chi connectivity index (χ2n) is 6.78. The molecule has 0 spiro atoms. The zero-order chi connectivity index (χ0) is 17.8. The van der Waals surface area contributed by atoms with Crippen LogP contribution in [0.2, 0.25) is 0 Å². The number of nitrogens with zero attached hydrogens (tertiary/aromatic N) is 2. The number of hydrogen-bond acceptors (Lipinski definition) is 4. The first kappa shape index (κ1) is 17.9. The van der Waals surface area contributed by atoms with Crippen LogP contribution in [0.5, 0.6) is 0 Å². The van der Waals surface area contributed by atoms with E-state index in [2.05, 4.69) is 10.2 Å². The lowest BCUT2D eigenvalue weighted by molar-refractivity contribution is -0.129. The third-order valence-corrected chi connectivity index (χ3v) is 5.77. The van der Waals surface area contributed by atoms with E-state index < -0.39 is 0 Å². The zero-order valence-corrected chi connectivity index (χ0v) is 15.6. The summed E-state index contributed by atoms with van der Waals surface area (Å²) in [4.78, 5) is 29.2. The third kappa shape index (κ3) is 4.38. The van der Waals surface area contributed by atoms with Crippen molar-refractivity contribution in [1.29, 1.82) is 0 Å². The Morgan fingerprint density at radius 3 is 2.92 bits per heavy atom. The minimum Gasteiger partial charge on any atom is -0.351 e. The number of amides is 2. The maximum atomic E-state index is 12.4. The average molecular weight is 359 g/mol. The number of rotatable bonds is 7. The Hall–Kier alpha value is -1.92. The Bertz CT molecular complexity index is 723. The van der Waals surface area contributed by atoms with Gasteiger partial charge in [-0.1, -0.05) is 18.2 Å². The Morgan fingerprint density at radius 2 is 2.16 bits per heavy atom. The van der Waals surface area contributed by atoms with E-state index in [9.17, 15) is 9.59 Å². The van der Waals surface area contributed by atoms with Crippen LogP contribution in [0.1, 0.15) is 28.9 Å². The molecule has 5 nitrogen and oxygen atoms in total. The van der Waals surface area contributed by atoms with Crippen molar-refractivity contribution in [3.05, 3.63) is 35.2 Å². The molecule has 0 aliphatic carbocycles. The van der Waals surface area contributed by atoms with Crippen molar-refractivity contribution in [1.82, 2.24) is 15.1 Å². The van der Waals surface area contributed by atoms with Crippen molar-refractivity contribution in [3.8, 4) is 0 Å². The van der Waals surface area contributed by atoms with Gasteiger partial charge in [0.05, 0.1) is 4.88 Å². The standard InChI is InChI=1S/C19H25N3O2S/c1-21(2)11-12-22-15(7-8-18(22)23)9-10-20-19(24)17-13-14-5-3-4-6-16(14)25-17/h3-6,13,15H,7-12H2,1-2H3,(H,20,24)/t15-/m1/s1. The largest absolute Gasteiger partial charge is 0.351 e. The van der Waals surface area contributed by atoms with Gasteiger partial charge < -0.3 is 15.1 Å². The number of hydrogen-bond donors (Lipinski definition) is 1. The van der Waals surface area contributed by atoms with Crippen LogP contribution in [0.15, 0.2) is 30.3 Å². The summed E-state index contributed by atoms with van der Waals surface area (Å²) < 4.78 is 1.13. The van der Waals surface area contributed by atoms with Crippen molar-refractivity contribution in [2.24, 2.45) is 0 Å². The lowest BCUT2D eigenvalue weighted by atomic mass is 10.1. The second kappa shape index (κ2) is 7.97. The van der Waals surface area contributed by atoms with Gasteiger partial charge in [0.2, 0.25) is 5.91 Å². The molecule has 1 N–H and O–H groups in total. The molecule has 0 saturated carbocycles. The number of likely N-dealkylation sites (tertiary alicyclic amines) is 1. The lowest BCUT2D eigenvalue weighted by Crippen LogP contribution is -2.39. The van der Waals surface area contributed by atoms with Crippen LogP contribution in [-0.4, -0.2) is 61.4 Å². The Labute approximate surface area is 152 Å². The topological polar surface area (TPSA) is 52.6 Å². The van der Waals surface area contributed by atoms with Crippen molar-refractivity contribution < 1.29 is 9.59 Å². The maximum Gasteiger partial charge on any atom is 0.261 e. The van der Waals surface area contributed by atoms with Gasteiger partial charge in [0.1, 0.15) is 0 Å². The molecule has 0 radical (unpaired) electrons. The lowest BCUT2D eigenvalue weighted by Gasteiger charge is -2.26. The Balaban J connectivity index is 1.51. The molecular weight excluding hydrogens is 334 g/mol.